The molecule has 138 valence electrons. The van der Waals surface area contributed by atoms with Gasteiger partial charge in [-0.05, 0) is 45.7 Å². The maximum atomic E-state index is 12.3. The lowest BCUT2D eigenvalue weighted by Gasteiger charge is -2.27. The van der Waals surface area contributed by atoms with E-state index in [2.05, 4.69) is 0 Å². The molecule has 1 aliphatic carbocycles. The molecule has 0 N–H and O–H groups in total. The molecule has 0 atom stereocenters. The molecule has 26 heavy (non-hydrogen) atoms. The van der Waals surface area contributed by atoms with Crippen molar-refractivity contribution in [1.82, 2.24) is 9.96 Å². The number of fused-ring (bicyclic) bond motifs is 1. The molecule has 1 saturated carbocycles. The summed E-state index contributed by atoms with van der Waals surface area (Å²) in [6.07, 6.45) is 0.901. The minimum Gasteiger partial charge on any atom is -0.444 e. The predicted molar refractivity (Wildman–Crippen MR) is 89.0 cm³/mol. The van der Waals surface area contributed by atoms with E-state index in [9.17, 15) is 19.2 Å². The monoisotopic (exact) mass is 360 g/mol. The third-order valence-electron chi connectivity index (χ3n) is 3.86. The molecular weight excluding hydrogens is 340 g/mol. The summed E-state index contributed by atoms with van der Waals surface area (Å²) in [6.45, 7) is 4.79. The maximum Gasteiger partial charge on any atom is 0.411 e. The van der Waals surface area contributed by atoms with Crippen LogP contribution in [-0.2, 0) is 14.4 Å². The normalized spacial score (nSPS) is 16.3. The van der Waals surface area contributed by atoms with Gasteiger partial charge in [-0.1, -0.05) is 17.2 Å². The third kappa shape index (κ3) is 3.68. The van der Waals surface area contributed by atoms with Crippen molar-refractivity contribution in [2.24, 2.45) is 0 Å². The zero-order chi connectivity index (χ0) is 19.1. The Morgan fingerprint density at radius 2 is 1.65 bits per heavy atom. The van der Waals surface area contributed by atoms with Crippen molar-refractivity contribution >= 4 is 23.9 Å². The van der Waals surface area contributed by atoms with Gasteiger partial charge in [-0.2, -0.15) is 0 Å². The summed E-state index contributed by atoms with van der Waals surface area (Å²) in [4.78, 5) is 55.2. The first kappa shape index (κ1) is 17.9. The standard InChI is InChI=1S/C18H20N2O6/c1-18(2,3)25-17(24)19(11-8-9-11)10-14(21)26-20-15(22)12-6-4-5-7-13(12)16(20)23/h4-7,11H,8-10H2,1-3H3. The molecule has 8 heteroatoms. The Morgan fingerprint density at radius 1 is 1.12 bits per heavy atom. The fourth-order valence-electron chi connectivity index (χ4n) is 2.57. The molecule has 2 aliphatic rings. The Labute approximate surface area is 150 Å². The van der Waals surface area contributed by atoms with Gasteiger partial charge >= 0.3 is 12.1 Å². The van der Waals surface area contributed by atoms with Crippen molar-refractivity contribution in [2.75, 3.05) is 6.54 Å². The van der Waals surface area contributed by atoms with Crippen LogP contribution in [0, 0.1) is 0 Å². The molecule has 0 radical (unpaired) electrons. The van der Waals surface area contributed by atoms with Gasteiger partial charge < -0.3 is 9.57 Å². The van der Waals surface area contributed by atoms with Crippen molar-refractivity contribution in [3.8, 4) is 0 Å². The fourth-order valence-corrected chi connectivity index (χ4v) is 2.57. The molecule has 0 saturated heterocycles. The highest BCUT2D eigenvalue weighted by molar-refractivity contribution is 6.20. The largest absolute Gasteiger partial charge is 0.444 e. The lowest BCUT2D eigenvalue weighted by molar-refractivity contribution is -0.169. The molecule has 8 nitrogen and oxygen atoms in total. The van der Waals surface area contributed by atoms with E-state index in [1.807, 2.05) is 0 Å². The number of carbonyl (C=O) groups excluding carboxylic acids is 4. The average molecular weight is 360 g/mol. The van der Waals surface area contributed by atoms with E-state index >= 15 is 0 Å². The van der Waals surface area contributed by atoms with Crippen LogP contribution in [0.2, 0.25) is 0 Å². The number of benzene rings is 1. The molecule has 1 aromatic carbocycles. The van der Waals surface area contributed by atoms with Crippen LogP contribution in [0.4, 0.5) is 4.79 Å². The Kier molecular flexibility index (Phi) is 4.43. The number of hydrogen-bond donors (Lipinski definition) is 0. The van der Waals surface area contributed by atoms with Gasteiger partial charge in [-0.25, -0.2) is 9.59 Å². The zero-order valence-electron chi connectivity index (χ0n) is 14.9. The first-order valence-corrected chi connectivity index (χ1v) is 8.35. The molecule has 3 amide bonds. The van der Waals surface area contributed by atoms with Gasteiger partial charge in [0.05, 0.1) is 11.1 Å². The predicted octanol–water partition coefficient (Wildman–Crippen LogP) is 2.14. The van der Waals surface area contributed by atoms with Crippen molar-refractivity contribution in [3.05, 3.63) is 35.4 Å². The molecule has 0 bridgehead atoms. The molecular formula is C18H20N2O6. The summed E-state index contributed by atoms with van der Waals surface area (Å²) in [5.41, 5.74) is -0.343. The smallest absolute Gasteiger partial charge is 0.411 e. The van der Waals surface area contributed by atoms with Gasteiger partial charge in [-0.15, -0.1) is 0 Å². The first-order chi connectivity index (χ1) is 12.2. The minimum absolute atomic E-state index is 0.0976. The average Bonchev–Trinajstić information content (AvgIpc) is 3.36. The van der Waals surface area contributed by atoms with Crippen LogP contribution >= 0.6 is 0 Å². The van der Waals surface area contributed by atoms with Gasteiger partial charge in [0.1, 0.15) is 12.1 Å². The third-order valence-corrected chi connectivity index (χ3v) is 3.86. The van der Waals surface area contributed by atoms with E-state index in [-0.39, 0.29) is 17.2 Å². The highest BCUT2D eigenvalue weighted by Crippen LogP contribution is 2.29. The van der Waals surface area contributed by atoms with Gasteiger partial charge in [0, 0.05) is 6.04 Å². The van der Waals surface area contributed by atoms with Crippen LogP contribution in [0.1, 0.15) is 54.3 Å². The van der Waals surface area contributed by atoms with Crippen LogP contribution in [0.5, 0.6) is 0 Å². The lowest BCUT2D eigenvalue weighted by atomic mass is 10.1. The van der Waals surface area contributed by atoms with Crippen molar-refractivity contribution in [1.29, 1.82) is 0 Å². The lowest BCUT2D eigenvalue weighted by Crippen LogP contribution is -2.43. The number of hydroxylamine groups is 2. The number of hydrogen-bond acceptors (Lipinski definition) is 6. The number of nitrogens with zero attached hydrogens (tertiary/aromatic N) is 2. The summed E-state index contributed by atoms with van der Waals surface area (Å²) in [6, 6.07) is 6.11. The second-order valence-corrected chi connectivity index (χ2v) is 7.25. The highest BCUT2D eigenvalue weighted by atomic mass is 16.7. The summed E-state index contributed by atoms with van der Waals surface area (Å²) in [7, 11) is 0. The van der Waals surface area contributed by atoms with Gasteiger partial charge in [0.2, 0.25) is 0 Å². The molecule has 3 rings (SSSR count). The summed E-state index contributed by atoms with van der Waals surface area (Å²) in [5.74, 6) is -2.28. The van der Waals surface area contributed by atoms with Crippen LogP contribution in [-0.4, -0.2) is 52.0 Å². The van der Waals surface area contributed by atoms with Gasteiger partial charge in [-0.3, -0.25) is 14.5 Å². The van der Waals surface area contributed by atoms with Crippen LogP contribution in [0.25, 0.3) is 0 Å². The Hall–Kier alpha value is -2.90. The number of rotatable bonds is 4. The van der Waals surface area contributed by atoms with Gasteiger partial charge in [0.15, 0.2) is 0 Å². The number of imide groups is 1. The molecule has 0 spiro atoms. The Morgan fingerprint density at radius 3 is 2.12 bits per heavy atom. The second kappa shape index (κ2) is 6.44. The Balaban J connectivity index is 1.66. The van der Waals surface area contributed by atoms with E-state index in [1.54, 1.807) is 32.9 Å². The number of amides is 3. The van der Waals surface area contributed by atoms with E-state index in [4.69, 9.17) is 9.57 Å². The summed E-state index contributed by atoms with van der Waals surface area (Å²) >= 11 is 0. The molecule has 1 heterocycles. The molecule has 1 fully saturated rings. The van der Waals surface area contributed by atoms with Gasteiger partial charge in [0.25, 0.3) is 11.8 Å². The molecule has 1 aliphatic heterocycles. The molecule has 0 aromatic heterocycles. The van der Waals surface area contributed by atoms with E-state index in [0.717, 1.165) is 12.8 Å². The van der Waals surface area contributed by atoms with Crippen molar-refractivity contribution in [2.45, 2.75) is 45.3 Å². The maximum absolute atomic E-state index is 12.3. The zero-order valence-corrected chi connectivity index (χ0v) is 14.9. The fraction of sp³-hybridized carbons (Fsp3) is 0.444. The minimum atomic E-state index is -0.878. The van der Waals surface area contributed by atoms with E-state index in [0.29, 0.717) is 5.06 Å². The topological polar surface area (TPSA) is 93.2 Å². The highest BCUT2D eigenvalue weighted by Gasteiger charge is 2.41. The second-order valence-electron chi connectivity index (χ2n) is 7.25. The van der Waals surface area contributed by atoms with E-state index in [1.165, 1.54) is 17.0 Å². The van der Waals surface area contributed by atoms with Crippen molar-refractivity contribution < 1.29 is 28.8 Å². The molecule has 1 aromatic rings. The summed E-state index contributed by atoms with van der Waals surface area (Å²) in [5, 5.41) is 0.438. The number of carbonyl (C=O) groups is 4. The summed E-state index contributed by atoms with van der Waals surface area (Å²) < 4.78 is 5.30. The first-order valence-electron chi connectivity index (χ1n) is 8.35. The van der Waals surface area contributed by atoms with Crippen LogP contribution in [0.15, 0.2) is 24.3 Å². The quantitative estimate of drug-likeness (QED) is 0.764. The van der Waals surface area contributed by atoms with Crippen molar-refractivity contribution in [3.63, 3.8) is 0 Å². The SMILES string of the molecule is CC(C)(C)OC(=O)N(CC(=O)ON1C(=O)c2ccccc2C1=O)C1CC1. The van der Waals surface area contributed by atoms with E-state index < -0.39 is 36.0 Å². The van der Waals surface area contributed by atoms with Crippen LogP contribution in [0.3, 0.4) is 0 Å². The van der Waals surface area contributed by atoms with Crippen LogP contribution < -0.4 is 0 Å². The molecule has 0 unspecified atom stereocenters. The number of ether oxygens (including phenoxy) is 1. The Bertz CT molecular complexity index is 743.